The van der Waals surface area contributed by atoms with E-state index in [1.165, 1.54) is 0 Å². The van der Waals surface area contributed by atoms with Crippen molar-refractivity contribution in [2.45, 2.75) is 49.3 Å². The first-order chi connectivity index (χ1) is 13.3. The summed E-state index contributed by atoms with van der Waals surface area (Å²) in [6.45, 7) is 2.70. The minimum absolute atomic E-state index is 0.493. The maximum atomic E-state index is 13.4. The van der Waals surface area contributed by atoms with E-state index >= 15 is 0 Å². The van der Waals surface area contributed by atoms with Gasteiger partial charge >= 0.3 is 35.1 Å². The van der Waals surface area contributed by atoms with Gasteiger partial charge in [0.15, 0.2) is 10.1 Å². The largest absolute Gasteiger partial charge is 0.743 e. The molecule has 0 amide bonds. The molecule has 0 saturated carbocycles. The molecule has 0 spiro atoms. The Labute approximate surface area is 165 Å². The number of carbonyl (C=O) groups is 2. The monoisotopic (exact) mass is 477 g/mol. The third-order valence-corrected chi connectivity index (χ3v) is 4.27. The number of carbonyl (C=O) groups excluding carboxylic acids is 2. The normalized spacial score (nSPS) is 15.3. The van der Waals surface area contributed by atoms with Crippen molar-refractivity contribution in [3.8, 4) is 0 Å². The van der Waals surface area contributed by atoms with Crippen LogP contribution in [0.15, 0.2) is 12.2 Å². The van der Waals surface area contributed by atoms with Gasteiger partial charge in [-0.25, -0.2) is 18.0 Å². The van der Waals surface area contributed by atoms with Gasteiger partial charge in [0.2, 0.25) is 0 Å². The first-order valence-electron chi connectivity index (χ1n) is 7.66. The molecule has 0 aliphatic carbocycles. The highest BCUT2D eigenvalue weighted by molar-refractivity contribution is 7.86. The quantitative estimate of drug-likeness (QED) is 0.111. The zero-order valence-corrected chi connectivity index (χ0v) is 16.2. The van der Waals surface area contributed by atoms with Gasteiger partial charge in [-0.15, -0.1) is 0 Å². The molecule has 1 unspecified atom stereocenters. The molecule has 0 aromatic carbocycles. The van der Waals surface area contributed by atoms with E-state index in [1.54, 1.807) is 0 Å². The Morgan fingerprint density at radius 3 is 1.90 bits per heavy atom. The maximum Gasteiger partial charge on any atom is 0.468 e. The zero-order chi connectivity index (χ0) is 24.2. The van der Waals surface area contributed by atoms with Crippen molar-refractivity contribution in [1.82, 2.24) is 0 Å². The fourth-order valence-corrected chi connectivity index (χ4v) is 2.20. The summed E-state index contributed by atoms with van der Waals surface area (Å²) >= 11 is 0. The second-order valence-corrected chi connectivity index (χ2v) is 7.18. The Morgan fingerprint density at radius 1 is 1.03 bits per heavy atom. The van der Waals surface area contributed by atoms with E-state index in [9.17, 15) is 53.3 Å². The van der Waals surface area contributed by atoms with Crippen LogP contribution in [0.1, 0.15) is 26.2 Å². The van der Waals surface area contributed by atoms with Gasteiger partial charge in [0, 0.05) is 12.0 Å². The van der Waals surface area contributed by atoms with Crippen molar-refractivity contribution in [2.75, 3.05) is 13.7 Å². The van der Waals surface area contributed by atoms with Crippen LogP contribution in [-0.4, -0.2) is 61.8 Å². The molecule has 0 aromatic heterocycles. The first-order valence-corrected chi connectivity index (χ1v) is 9.06. The van der Waals surface area contributed by atoms with Gasteiger partial charge in [-0.05, 0) is 19.8 Å². The van der Waals surface area contributed by atoms with Gasteiger partial charge < -0.3 is 18.8 Å². The number of esters is 2. The molecule has 1 atom stereocenters. The molecule has 176 valence electrons. The number of hydrogen-bond donors (Lipinski definition) is 0. The average molecular weight is 477 g/mol. The van der Waals surface area contributed by atoms with Crippen molar-refractivity contribution in [1.29, 1.82) is 0 Å². The van der Waals surface area contributed by atoms with E-state index in [2.05, 4.69) is 20.8 Å². The number of hydrogen-bond acceptors (Lipinski definition) is 8. The number of ether oxygens (including phenoxy) is 3. The third kappa shape index (κ3) is 6.04. The van der Waals surface area contributed by atoms with Crippen LogP contribution in [0.5, 0.6) is 0 Å². The van der Waals surface area contributed by atoms with Gasteiger partial charge in [0.25, 0.3) is 0 Å². The molecule has 30 heavy (non-hydrogen) atoms. The lowest BCUT2D eigenvalue weighted by atomic mass is 10.1. The molecule has 8 nitrogen and oxygen atoms in total. The average Bonchev–Trinajstić information content (AvgIpc) is 2.56. The molecule has 0 saturated heterocycles. The van der Waals surface area contributed by atoms with E-state index in [1.807, 2.05) is 0 Å². The molecule has 0 heterocycles. The summed E-state index contributed by atoms with van der Waals surface area (Å²) in [4.78, 5) is 23.1. The molecule has 0 aliphatic rings. The molecule has 0 rings (SSSR count). The van der Waals surface area contributed by atoms with Crippen molar-refractivity contribution in [2.24, 2.45) is 0 Å². The summed E-state index contributed by atoms with van der Waals surface area (Å²) in [6, 6.07) is 0. The number of alkyl halides is 7. The Hall–Kier alpha value is -1.94. The van der Waals surface area contributed by atoms with Gasteiger partial charge in [-0.3, -0.25) is 0 Å². The van der Waals surface area contributed by atoms with Crippen LogP contribution in [0.3, 0.4) is 0 Å². The molecule has 0 aliphatic heterocycles. The van der Waals surface area contributed by atoms with E-state index in [-0.39, 0.29) is 0 Å². The highest BCUT2D eigenvalue weighted by Crippen LogP contribution is 2.42. The van der Waals surface area contributed by atoms with Crippen LogP contribution in [0, 0.1) is 0 Å². The van der Waals surface area contributed by atoms with Crippen LogP contribution in [-0.2, 0) is 33.9 Å². The predicted molar refractivity (Wildman–Crippen MR) is 81.1 cm³/mol. The van der Waals surface area contributed by atoms with Crippen LogP contribution < -0.4 is 0 Å². The van der Waals surface area contributed by atoms with Crippen LogP contribution >= 0.6 is 0 Å². The third-order valence-electron chi connectivity index (χ3n) is 3.34. The predicted octanol–water partition coefficient (Wildman–Crippen LogP) is 2.50. The summed E-state index contributed by atoms with van der Waals surface area (Å²) in [5.41, 5.74) is -0.572. The van der Waals surface area contributed by atoms with E-state index in [4.69, 9.17) is 0 Å². The lowest BCUT2D eigenvalue weighted by Gasteiger charge is -2.32. The molecular formula is C14H16F7O8S-. The van der Waals surface area contributed by atoms with Crippen molar-refractivity contribution < 1.29 is 67.5 Å². The van der Waals surface area contributed by atoms with E-state index in [0.29, 0.717) is 7.11 Å². The Kier molecular flexibility index (Phi) is 8.85. The smallest absolute Gasteiger partial charge is 0.468 e. The molecule has 0 N–H and O–H groups in total. The lowest BCUT2D eigenvalue weighted by Crippen LogP contribution is -2.58. The highest BCUT2D eigenvalue weighted by Gasteiger charge is 2.67. The number of rotatable bonds is 11. The van der Waals surface area contributed by atoms with E-state index in [0.717, 1.165) is 6.92 Å². The summed E-state index contributed by atoms with van der Waals surface area (Å²) in [6.07, 6.45) is -9.57. The Balaban J connectivity index is 5.35. The minimum atomic E-state index is -6.72. The zero-order valence-electron chi connectivity index (χ0n) is 15.4. The molecule has 0 aromatic rings. The van der Waals surface area contributed by atoms with Crippen molar-refractivity contribution in [3.05, 3.63) is 12.2 Å². The van der Waals surface area contributed by atoms with Crippen LogP contribution in [0.4, 0.5) is 30.7 Å². The maximum absolute atomic E-state index is 13.4. The minimum Gasteiger partial charge on any atom is -0.743 e. The Morgan fingerprint density at radius 2 is 1.53 bits per heavy atom. The highest BCUT2D eigenvalue weighted by atomic mass is 32.2. The second kappa shape index (κ2) is 9.47. The molecular weight excluding hydrogens is 461 g/mol. The fraction of sp³-hybridized carbons (Fsp3) is 0.714. The summed E-state index contributed by atoms with van der Waals surface area (Å²) in [5, 5.41) is -5.96. The SMILES string of the molecule is C=C(C)C(=O)OC(OCCCCC(F)(F)C(F)(F)S(=O)(=O)[O-])(C(=O)OC)C(F)(F)F. The van der Waals surface area contributed by atoms with Crippen LogP contribution in [0.2, 0.25) is 0 Å². The van der Waals surface area contributed by atoms with E-state index < -0.39 is 76.6 Å². The van der Waals surface area contributed by atoms with Gasteiger partial charge in [-0.2, -0.15) is 30.7 Å². The topological polar surface area (TPSA) is 119 Å². The molecule has 0 fully saturated rings. The standard InChI is InChI=1S/C14H17F7O8S/c1-8(2)9(22)29-12(10(23)27-3,13(17,18)19)28-7-5-4-6-11(15,16)14(20,21)30(24,25)26/h1,4-7H2,2-3H3,(H,24,25,26)/p-1. The second-order valence-electron chi connectivity index (χ2n) is 5.76. The summed E-state index contributed by atoms with van der Waals surface area (Å²) in [7, 11) is -6.23. The summed E-state index contributed by atoms with van der Waals surface area (Å²) in [5.74, 6) is -13.6. The van der Waals surface area contributed by atoms with Crippen molar-refractivity contribution in [3.63, 3.8) is 0 Å². The summed E-state index contributed by atoms with van der Waals surface area (Å²) < 4.78 is 136. The first kappa shape index (κ1) is 28.1. The molecule has 0 radical (unpaired) electrons. The Bertz CT molecular complexity index is 763. The number of halogens is 7. The molecule has 0 bridgehead atoms. The van der Waals surface area contributed by atoms with Gasteiger partial charge in [0.1, 0.15) is 0 Å². The fourth-order valence-electron chi connectivity index (χ4n) is 1.73. The van der Waals surface area contributed by atoms with Gasteiger partial charge in [-0.1, -0.05) is 6.58 Å². The van der Waals surface area contributed by atoms with Crippen molar-refractivity contribution >= 4 is 22.1 Å². The van der Waals surface area contributed by atoms with Gasteiger partial charge in [0.05, 0.1) is 13.7 Å². The number of unbranched alkanes of at least 4 members (excludes halogenated alkanes) is 1. The molecule has 16 heteroatoms. The van der Waals surface area contributed by atoms with Crippen LogP contribution in [0.25, 0.3) is 0 Å². The lowest BCUT2D eigenvalue weighted by molar-refractivity contribution is -0.354. The number of methoxy groups -OCH3 is 1.